The molecule has 0 bridgehead atoms. The van der Waals surface area contributed by atoms with Crippen molar-refractivity contribution in [3.05, 3.63) is 11.1 Å². The van der Waals surface area contributed by atoms with E-state index in [4.69, 9.17) is 5.11 Å². The molecule has 20 heavy (non-hydrogen) atoms. The minimum absolute atomic E-state index is 0.0366. The molecule has 0 saturated carbocycles. The van der Waals surface area contributed by atoms with Crippen molar-refractivity contribution in [2.75, 3.05) is 13.1 Å². The van der Waals surface area contributed by atoms with Crippen LogP contribution in [0.5, 0.6) is 0 Å². The zero-order chi connectivity index (χ0) is 15.5. The number of aliphatic carboxylic acids is 1. The number of carbonyl (C=O) groups excluding carboxylic acids is 1. The average molecular weight is 282 g/mol. The molecule has 0 rings (SSSR count). The van der Waals surface area contributed by atoms with Gasteiger partial charge in [0, 0.05) is 31.6 Å². The number of carbonyl (C=O) groups is 2. The SMILES string of the molecule is CCN=C(C)C(CCNC(=O)CCCC(=O)O)=C(C)C. The Kier molecular flexibility index (Phi) is 9.34. The summed E-state index contributed by atoms with van der Waals surface area (Å²) in [6.07, 6.45) is 1.43. The fraction of sp³-hybridized carbons (Fsp3) is 0.667. The largest absolute Gasteiger partial charge is 0.481 e. The lowest BCUT2D eigenvalue weighted by molar-refractivity contribution is -0.137. The van der Waals surface area contributed by atoms with Crippen LogP contribution in [-0.2, 0) is 9.59 Å². The quantitative estimate of drug-likeness (QED) is 0.638. The summed E-state index contributed by atoms with van der Waals surface area (Å²) in [5.74, 6) is -0.958. The lowest BCUT2D eigenvalue weighted by atomic mass is 10.0. The molecule has 0 aliphatic heterocycles. The number of allylic oxidation sites excluding steroid dienone is 1. The van der Waals surface area contributed by atoms with Gasteiger partial charge in [-0.2, -0.15) is 0 Å². The monoisotopic (exact) mass is 282 g/mol. The molecule has 0 spiro atoms. The van der Waals surface area contributed by atoms with Gasteiger partial charge in [0.2, 0.25) is 5.91 Å². The number of rotatable bonds is 9. The van der Waals surface area contributed by atoms with Gasteiger partial charge in [0.1, 0.15) is 0 Å². The van der Waals surface area contributed by atoms with Crippen LogP contribution in [0.25, 0.3) is 0 Å². The summed E-state index contributed by atoms with van der Waals surface area (Å²) in [4.78, 5) is 26.3. The molecular formula is C15H26N2O3. The third-order valence-corrected chi connectivity index (χ3v) is 2.93. The predicted molar refractivity (Wildman–Crippen MR) is 81.1 cm³/mol. The van der Waals surface area contributed by atoms with Gasteiger partial charge in [0.15, 0.2) is 0 Å². The Morgan fingerprint density at radius 1 is 1.10 bits per heavy atom. The number of carboxylic acids is 1. The number of hydrogen-bond donors (Lipinski definition) is 2. The van der Waals surface area contributed by atoms with Crippen molar-refractivity contribution in [1.82, 2.24) is 5.32 Å². The molecule has 0 atom stereocenters. The Hall–Kier alpha value is -1.65. The summed E-state index contributed by atoms with van der Waals surface area (Å²) in [7, 11) is 0. The maximum absolute atomic E-state index is 11.5. The molecule has 0 aromatic rings. The van der Waals surface area contributed by atoms with Crippen LogP contribution in [0.4, 0.5) is 0 Å². The van der Waals surface area contributed by atoms with E-state index in [1.54, 1.807) is 0 Å². The molecule has 0 radical (unpaired) electrons. The molecule has 5 nitrogen and oxygen atoms in total. The van der Waals surface area contributed by atoms with Crippen molar-refractivity contribution in [1.29, 1.82) is 0 Å². The van der Waals surface area contributed by atoms with Crippen LogP contribution in [0.2, 0.25) is 0 Å². The number of nitrogens with zero attached hydrogens (tertiary/aromatic N) is 1. The van der Waals surface area contributed by atoms with Crippen LogP contribution < -0.4 is 5.32 Å². The Balaban J connectivity index is 4.14. The molecule has 0 aromatic heterocycles. The van der Waals surface area contributed by atoms with Crippen LogP contribution in [0.3, 0.4) is 0 Å². The van der Waals surface area contributed by atoms with Gasteiger partial charge in [-0.05, 0) is 46.1 Å². The van der Waals surface area contributed by atoms with Crippen LogP contribution in [-0.4, -0.2) is 35.8 Å². The van der Waals surface area contributed by atoms with E-state index in [1.165, 1.54) is 11.1 Å². The van der Waals surface area contributed by atoms with E-state index in [2.05, 4.69) is 10.3 Å². The third-order valence-electron chi connectivity index (χ3n) is 2.93. The smallest absolute Gasteiger partial charge is 0.303 e. The molecule has 5 heteroatoms. The highest BCUT2D eigenvalue weighted by Gasteiger charge is 2.06. The van der Waals surface area contributed by atoms with Gasteiger partial charge < -0.3 is 10.4 Å². The normalized spacial score (nSPS) is 11.1. The summed E-state index contributed by atoms with van der Waals surface area (Å²) in [5.41, 5.74) is 3.41. The van der Waals surface area contributed by atoms with Crippen molar-refractivity contribution in [3.63, 3.8) is 0 Å². The van der Waals surface area contributed by atoms with Gasteiger partial charge in [-0.25, -0.2) is 0 Å². The maximum atomic E-state index is 11.5. The number of aliphatic imine (C=N–C) groups is 1. The summed E-state index contributed by atoms with van der Waals surface area (Å²) < 4.78 is 0. The number of hydrogen-bond acceptors (Lipinski definition) is 3. The molecule has 114 valence electrons. The van der Waals surface area contributed by atoms with Gasteiger partial charge >= 0.3 is 5.97 Å². The first-order valence-corrected chi connectivity index (χ1v) is 7.04. The third kappa shape index (κ3) is 8.45. The van der Waals surface area contributed by atoms with Crippen LogP contribution in [0.1, 0.15) is 53.4 Å². The lowest BCUT2D eigenvalue weighted by Gasteiger charge is -2.11. The fourth-order valence-corrected chi connectivity index (χ4v) is 1.94. The Labute approximate surface area is 121 Å². The first-order valence-electron chi connectivity index (χ1n) is 7.04. The highest BCUT2D eigenvalue weighted by atomic mass is 16.4. The molecule has 0 aromatic carbocycles. The van der Waals surface area contributed by atoms with Crippen molar-refractivity contribution >= 4 is 17.6 Å². The van der Waals surface area contributed by atoms with E-state index < -0.39 is 5.97 Å². The summed E-state index contributed by atoms with van der Waals surface area (Å²) in [5, 5.41) is 11.3. The van der Waals surface area contributed by atoms with E-state index in [1.807, 2.05) is 27.7 Å². The minimum Gasteiger partial charge on any atom is -0.481 e. The van der Waals surface area contributed by atoms with E-state index in [0.29, 0.717) is 13.0 Å². The fourth-order valence-electron chi connectivity index (χ4n) is 1.94. The molecule has 0 fully saturated rings. The minimum atomic E-state index is -0.865. The topological polar surface area (TPSA) is 78.8 Å². The van der Waals surface area contributed by atoms with Crippen LogP contribution in [0, 0.1) is 0 Å². The van der Waals surface area contributed by atoms with E-state index in [0.717, 1.165) is 18.7 Å². The van der Waals surface area contributed by atoms with Crippen LogP contribution in [0.15, 0.2) is 16.1 Å². The van der Waals surface area contributed by atoms with Gasteiger partial charge in [-0.3, -0.25) is 14.6 Å². The Morgan fingerprint density at radius 2 is 1.75 bits per heavy atom. The molecule has 0 aliphatic carbocycles. The summed E-state index contributed by atoms with van der Waals surface area (Å²) in [6, 6.07) is 0. The van der Waals surface area contributed by atoms with Gasteiger partial charge in [0.05, 0.1) is 0 Å². The van der Waals surface area contributed by atoms with Crippen LogP contribution >= 0.6 is 0 Å². The Bertz CT molecular complexity index is 394. The second-order valence-electron chi connectivity index (χ2n) is 4.89. The molecular weight excluding hydrogens is 256 g/mol. The summed E-state index contributed by atoms with van der Waals surface area (Å²) >= 11 is 0. The zero-order valence-corrected chi connectivity index (χ0v) is 13.0. The first kappa shape index (κ1) is 18.4. The highest BCUT2D eigenvalue weighted by Crippen LogP contribution is 2.10. The number of nitrogens with one attached hydrogen (secondary N) is 1. The van der Waals surface area contributed by atoms with Gasteiger partial charge in [0.25, 0.3) is 0 Å². The van der Waals surface area contributed by atoms with Crippen molar-refractivity contribution in [3.8, 4) is 0 Å². The van der Waals surface area contributed by atoms with E-state index in [9.17, 15) is 9.59 Å². The van der Waals surface area contributed by atoms with Crippen molar-refractivity contribution in [2.24, 2.45) is 4.99 Å². The molecule has 0 unspecified atom stereocenters. The first-order chi connectivity index (χ1) is 9.38. The lowest BCUT2D eigenvalue weighted by Crippen LogP contribution is -2.25. The van der Waals surface area contributed by atoms with Crippen molar-refractivity contribution < 1.29 is 14.7 Å². The zero-order valence-electron chi connectivity index (χ0n) is 13.0. The van der Waals surface area contributed by atoms with Gasteiger partial charge in [-0.1, -0.05) is 5.57 Å². The number of amides is 1. The summed E-state index contributed by atoms with van der Waals surface area (Å²) in [6.45, 7) is 9.38. The highest BCUT2D eigenvalue weighted by molar-refractivity contribution is 5.98. The molecule has 0 saturated heterocycles. The second-order valence-corrected chi connectivity index (χ2v) is 4.89. The second kappa shape index (κ2) is 10.2. The molecule has 1 amide bonds. The average Bonchev–Trinajstić information content (AvgIpc) is 2.33. The van der Waals surface area contributed by atoms with Crippen molar-refractivity contribution in [2.45, 2.75) is 53.4 Å². The van der Waals surface area contributed by atoms with Gasteiger partial charge in [-0.15, -0.1) is 0 Å². The van der Waals surface area contributed by atoms with E-state index >= 15 is 0 Å². The van der Waals surface area contributed by atoms with E-state index in [-0.39, 0.29) is 18.7 Å². The molecule has 0 aliphatic rings. The number of carboxylic acid groups (broad SMARTS) is 1. The molecule has 2 N–H and O–H groups in total. The standard InChI is InChI=1S/C15H26N2O3/c1-5-16-12(4)13(11(2)3)9-10-17-14(18)7-6-8-15(19)20/h5-10H2,1-4H3,(H,17,18)(H,19,20). The maximum Gasteiger partial charge on any atom is 0.303 e. The predicted octanol–water partition coefficient (Wildman–Crippen LogP) is 2.56. The molecule has 0 heterocycles. The Morgan fingerprint density at radius 3 is 2.25 bits per heavy atom.